The molecule has 0 spiro atoms. The number of amides is 2. The maximum atomic E-state index is 12.1. The number of carbonyl (C=O) groups excluding carboxylic acids is 2. The van der Waals surface area contributed by atoms with E-state index in [2.05, 4.69) is 27.7 Å². The largest absolute Gasteiger partial charge is 0.350 e. The Kier molecular flexibility index (Phi) is 6.92. The van der Waals surface area contributed by atoms with Crippen LogP contribution in [0, 0.1) is 13.8 Å². The second-order valence-electron chi connectivity index (χ2n) is 6.81. The Balaban J connectivity index is 1.78. The topological polar surface area (TPSA) is 61.4 Å². The molecule has 2 N–H and O–H groups in total. The molecule has 2 amide bonds. The van der Waals surface area contributed by atoms with Gasteiger partial charge in [0.05, 0.1) is 6.54 Å². The Labute approximate surface area is 155 Å². The maximum absolute atomic E-state index is 12.1. The van der Waals surface area contributed by atoms with E-state index in [-0.39, 0.29) is 18.4 Å². The van der Waals surface area contributed by atoms with Gasteiger partial charge in [0.2, 0.25) is 5.91 Å². The van der Waals surface area contributed by atoms with Crippen molar-refractivity contribution in [3.63, 3.8) is 0 Å². The van der Waals surface area contributed by atoms with Gasteiger partial charge in [-0.1, -0.05) is 30.3 Å². The van der Waals surface area contributed by atoms with Crippen LogP contribution in [-0.4, -0.2) is 37.4 Å². The number of nitrogens with one attached hydrogen (secondary N) is 2. The smallest absolute Gasteiger partial charge is 0.251 e. The summed E-state index contributed by atoms with van der Waals surface area (Å²) in [4.78, 5) is 26.2. The molecule has 0 aliphatic carbocycles. The predicted molar refractivity (Wildman–Crippen MR) is 104 cm³/mol. The zero-order valence-electron chi connectivity index (χ0n) is 15.9. The molecule has 2 rings (SSSR count). The lowest BCUT2D eigenvalue weighted by Crippen LogP contribution is -2.36. The Morgan fingerprint density at radius 3 is 2.15 bits per heavy atom. The molecule has 5 heteroatoms. The van der Waals surface area contributed by atoms with Gasteiger partial charge in [0.15, 0.2) is 0 Å². The van der Waals surface area contributed by atoms with Crippen LogP contribution in [0.5, 0.6) is 0 Å². The number of benzene rings is 2. The van der Waals surface area contributed by atoms with Crippen molar-refractivity contribution in [2.45, 2.75) is 26.9 Å². The van der Waals surface area contributed by atoms with E-state index in [0.717, 1.165) is 23.2 Å². The second-order valence-corrected chi connectivity index (χ2v) is 6.81. The number of hydrogen-bond donors (Lipinski definition) is 2. The first-order valence-electron chi connectivity index (χ1n) is 8.70. The van der Waals surface area contributed by atoms with E-state index in [4.69, 9.17) is 0 Å². The third kappa shape index (κ3) is 6.01. The van der Waals surface area contributed by atoms with Gasteiger partial charge in [-0.05, 0) is 62.3 Å². The van der Waals surface area contributed by atoms with E-state index in [0.29, 0.717) is 12.1 Å². The summed E-state index contributed by atoms with van der Waals surface area (Å²) in [5.41, 5.74) is 5.01. The number of carbonyl (C=O) groups is 2. The van der Waals surface area contributed by atoms with E-state index >= 15 is 0 Å². The molecule has 0 aliphatic rings. The van der Waals surface area contributed by atoms with Crippen LogP contribution < -0.4 is 10.6 Å². The highest BCUT2D eigenvalue weighted by Gasteiger charge is 2.09. The highest BCUT2D eigenvalue weighted by molar-refractivity contribution is 5.96. The average Bonchev–Trinajstić information content (AvgIpc) is 2.61. The molecule has 0 saturated carbocycles. The van der Waals surface area contributed by atoms with Gasteiger partial charge in [-0.3, -0.25) is 9.59 Å². The summed E-state index contributed by atoms with van der Waals surface area (Å²) in [5, 5.41) is 5.48. The zero-order valence-corrected chi connectivity index (χ0v) is 15.9. The molecule has 0 bridgehead atoms. The van der Waals surface area contributed by atoms with Crippen molar-refractivity contribution in [1.29, 1.82) is 0 Å². The summed E-state index contributed by atoms with van der Waals surface area (Å²) in [6.07, 6.45) is 0. The average molecular weight is 353 g/mol. The van der Waals surface area contributed by atoms with Crippen LogP contribution in [0.1, 0.15) is 32.6 Å². The van der Waals surface area contributed by atoms with Crippen molar-refractivity contribution in [3.8, 4) is 0 Å². The van der Waals surface area contributed by atoms with Crippen LogP contribution >= 0.6 is 0 Å². The summed E-state index contributed by atoms with van der Waals surface area (Å²) in [7, 11) is 4.06. The zero-order chi connectivity index (χ0) is 19.1. The highest BCUT2D eigenvalue weighted by Crippen LogP contribution is 2.09. The van der Waals surface area contributed by atoms with Crippen molar-refractivity contribution in [2.75, 3.05) is 20.6 Å². The summed E-state index contributed by atoms with van der Waals surface area (Å²) in [5.74, 6) is -0.448. The van der Waals surface area contributed by atoms with Crippen LogP contribution in [0.2, 0.25) is 0 Å². The molecule has 2 aromatic carbocycles. The number of nitrogens with zero attached hydrogens (tertiary/aromatic N) is 1. The van der Waals surface area contributed by atoms with Gasteiger partial charge in [-0.15, -0.1) is 0 Å². The molecule has 0 radical (unpaired) electrons. The molecule has 5 nitrogen and oxygen atoms in total. The molecular formula is C21H27N3O2. The van der Waals surface area contributed by atoms with Gasteiger partial charge in [0.25, 0.3) is 5.91 Å². The van der Waals surface area contributed by atoms with E-state index in [9.17, 15) is 9.59 Å². The van der Waals surface area contributed by atoms with E-state index in [1.807, 2.05) is 52.2 Å². The minimum absolute atomic E-state index is 0.0372. The number of rotatable bonds is 7. The lowest BCUT2D eigenvalue weighted by Gasteiger charge is -2.11. The fourth-order valence-corrected chi connectivity index (χ4v) is 2.54. The van der Waals surface area contributed by atoms with E-state index < -0.39 is 0 Å². The number of aryl methyl sites for hydroxylation is 2. The third-order valence-electron chi connectivity index (χ3n) is 4.19. The van der Waals surface area contributed by atoms with Crippen molar-refractivity contribution in [3.05, 3.63) is 70.3 Å². The lowest BCUT2D eigenvalue weighted by atomic mass is 10.1. The van der Waals surface area contributed by atoms with Gasteiger partial charge >= 0.3 is 0 Å². The third-order valence-corrected chi connectivity index (χ3v) is 4.19. The normalized spacial score (nSPS) is 10.7. The van der Waals surface area contributed by atoms with Gasteiger partial charge in [0.1, 0.15) is 0 Å². The molecule has 0 fully saturated rings. The number of hydrogen-bond acceptors (Lipinski definition) is 3. The van der Waals surface area contributed by atoms with E-state index in [1.165, 1.54) is 5.56 Å². The molecule has 0 unspecified atom stereocenters. The molecule has 138 valence electrons. The lowest BCUT2D eigenvalue weighted by molar-refractivity contribution is -0.120. The maximum Gasteiger partial charge on any atom is 0.251 e. The summed E-state index contributed by atoms with van der Waals surface area (Å²) in [6.45, 7) is 5.25. The summed E-state index contributed by atoms with van der Waals surface area (Å²) >= 11 is 0. The predicted octanol–water partition coefficient (Wildman–Crippen LogP) is 2.41. The van der Waals surface area contributed by atoms with E-state index in [1.54, 1.807) is 6.07 Å². The van der Waals surface area contributed by atoms with Crippen molar-refractivity contribution in [2.24, 2.45) is 0 Å². The van der Waals surface area contributed by atoms with Crippen molar-refractivity contribution in [1.82, 2.24) is 15.5 Å². The second kappa shape index (κ2) is 9.15. The Morgan fingerprint density at radius 1 is 0.885 bits per heavy atom. The molecule has 26 heavy (non-hydrogen) atoms. The Hall–Kier alpha value is -2.66. The molecule has 0 aromatic heterocycles. The minimum Gasteiger partial charge on any atom is -0.350 e. The van der Waals surface area contributed by atoms with Crippen LogP contribution in [-0.2, 0) is 17.9 Å². The molecule has 0 atom stereocenters. The minimum atomic E-state index is -0.240. The van der Waals surface area contributed by atoms with Crippen molar-refractivity contribution < 1.29 is 9.59 Å². The van der Waals surface area contributed by atoms with Gasteiger partial charge in [-0.25, -0.2) is 0 Å². The standard InChI is InChI=1S/C21H27N3O2/c1-15-5-10-19(11-16(15)2)21(26)23-13-20(25)22-12-17-6-8-18(9-7-17)14-24(3)4/h5-11H,12-14H2,1-4H3,(H,22,25)(H,23,26). The monoisotopic (exact) mass is 353 g/mol. The fourth-order valence-electron chi connectivity index (χ4n) is 2.54. The highest BCUT2D eigenvalue weighted by atomic mass is 16.2. The first kappa shape index (κ1) is 19.7. The summed E-state index contributed by atoms with van der Waals surface area (Å²) < 4.78 is 0. The first-order valence-corrected chi connectivity index (χ1v) is 8.70. The molecule has 2 aromatic rings. The molecule has 0 aliphatic heterocycles. The van der Waals surface area contributed by atoms with Gasteiger partial charge in [0, 0.05) is 18.7 Å². The summed E-state index contributed by atoms with van der Waals surface area (Å²) in [6, 6.07) is 13.6. The molecule has 0 saturated heterocycles. The Morgan fingerprint density at radius 2 is 1.54 bits per heavy atom. The van der Waals surface area contributed by atoms with Crippen LogP contribution in [0.4, 0.5) is 0 Å². The van der Waals surface area contributed by atoms with Gasteiger partial charge in [-0.2, -0.15) is 0 Å². The van der Waals surface area contributed by atoms with Crippen LogP contribution in [0.3, 0.4) is 0 Å². The van der Waals surface area contributed by atoms with Crippen LogP contribution in [0.15, 0.2) is 42.5 Å². The van der Waals surface area contributed by atoms with Crippen molar-refractivity contribution >= 4 is 11.8 Å². The van der Waals surface area contributed by atoms with Crippen LogP contribution in [0.25, 0.3) is 0 Å². The van der Waals surface area contributed by atoms with Gasteiger partial charge < -0.3 is 15.5 Å². The quantitative estimate of drug-likeness (QED) is 0.804. The first-order chi connectivity index (χ1) is 12.3. The molecule has 0 heterocycles. The Bertz CT molecular complexity index is 767. The molecular weight excluding hydrogens is 326 g/mol. The SMILES string of the molecule is Cc1ccc(C(=O)NCC(=O)NCc2ccc(CN(C)C)cc2)cc1C. The fraction of sp³-hybridized carbons (Fsp3) is 0.333.